The SMILES string of the molecule is C=C(C)n1cc(Br)nc(SC)c1=NC. The van der Waals surface area contributed by atoms with Gasteiger partial charge in [0, 0.05) is 18.9 Å². The van der Waals surface area contributed by atoms with Gasteiger partial charge in [-0.05, 0) is 29.1 Å². The summed E-state index contributed by atoms with van der Waals surface area (Å²) in [6, 6.07) is 0. The molecule has 14 heavy (non-hydrogen) atoms. The van der Waals surface area contributed by atoms with Crippen LogP contribution in [0.25, 0.3) is 5.70 Å². The van der Waals surface area contributed by atoms with Crippen LogP contribution in [-0.4, -0.2) is 22.9 Å². The molecule has 76 valence electrons. The second kappa shape index (κ2) is 4.79. The Hall–Kier alpha value is -0.550. The van der Waals surface area contributed by atoms with Crippen LogP contribution in [0.5, 0.6) is 0 Å². The second-order valence-electron chi connectivity index (χ2n) is 2.73. The van der Waals surface area contributed by atoms with Gasteiger partial charge in [0.15, 0.2) is 5.49 Å². The molecule has 0 saturated carbocycles. The van der Waals surface area contributed by atoms with E-state index in [0.29, 0.717) is 0 Å². The van der Waals surface area contributed by atoms with Gasteiger partial charge < -0.3 is 4.57 Å². The predicted molar refractivity (Wildman–Crippen MR) is 64.2 cm³/mol. The van der Waals surface area contributed by atoms with Crippen molar-refractivity contribution in [2.24, 2.45) is 4.99 Å². The summed E-state index contributed by atoms with van der Waals surface area (Å²) < 4.78 is 2.71. The number of rotatable bonds is 2. The van der Waals surface area contributed by atoms with E-state index < -0.39 is 0 Å². The van der Waals surface area contributed by atoms with E-state index >= 15 is 0 Å². The van der Waals surface area contributed by atoms with Gasteiger partial charge in [-0.25, -0.2) is 4.98 Å². The fourth-order valence-electron chi connectivity index (χ4n) is 1.08. The monoisotopic (exact) mass is 273 g/mol. The number of aromatic nitrogens is 2. The smallest absolute Gasteiger partial charge is 0.164 e. The van der Waals surface area contributed by atoms with E-state index in [9.17, 15) is 0 Å². The van der Waals surface area contributed by atoms with Gasteiger partial charge in [-0.15, -0.1) is 11.8 Å². The summed E-state index contributed by atoms with van der Waals surface area (Å²) in [5.74, 6) is 0. The molecule has 0 aromatic carbocycles. The van der Waals surface area contributed by atoms with Crippen molar-refractivity contribution in [3.8, 4) is 0 Å². The molecule has 0 atom stereocenters. The van der Waals surface area contributed by atoms with Crippen LogP contribution in [0.3, 0.4) is 0 Å². The van der Waals surface area contributed by atoms with Crippen LogP contribution in [0, 0.1) is 0 Å². The van der Waals surface area contributed by atoms with Crippen molar-refractivity contribution < 1.29 is 0 Å². The molecule has 1 rings (SSSR count). The van der Waals surface area contributed by atoms with E-state index in [2.05, 4.69) is 32.5 Å². The van der Waals surface area contributed by atoms with Crippen LogP contribution in [0.4, 0.5) is 0 Å². The molecule has 0 radical (unpaired) electrons. The minimum atomic E-state index is 0.789. The zero-order valence-corrected chi connectivity index (χ0v) is 10.8. The number of thioether (sulfide) groups is 1. The highest BCUT2D eigenvalue weighted by molar-refractivity contribution is 9.10. The molecule has 0 aliphatic carbocycles. The second-order valence-corrected chi connectivity index (χ2v) is 4.33. The van der Waals surface area contributed by atoms with Gasteiger partial charge in [-0.3, -0.25) is 4.99 Å². The first kappa shape index (κ1) is 11.5. The lowest BCUT2D eigenvalue weighted by Crippen LogP contribution is -2.22. The normalized spacial score (nSPS) is 11.9. The van der Waals surface area contributed by atoms with Crippen LogP contribution < -0.4 is 5.49 Å². The third-order valence-corrected chi connectivity index (χ3v) is 2.72. The fourth-order valence-corrected chi connectivity index (χ4v) is 2.14. The molecular formula is C9H12BrN3S. The van der Waals surface area contributed by atoms with E-state index in [4.69, 9.17) is 0 Å². The average molecular weight is 274 g/mol. The highest BCUT2D eigenvalue weighted by Crippen LogP contribution is 2.12. The first-order valence-corrected chi connectivity index (χ1v) is 6.03. The maximum Gasteiger partial charge on any atom is 0.164 e. The Morgan fingerprint density at radius 1 is 1.71 bits per heavy atom. The first-order chi connectivity index (χ1) is 6.60. The zero-order chi connectivity index (χ0) is 10.7. The summed E-state index contributed by atoms with van der Waals surface area (Å²) in [5, 5.41) is 0.893. The maximum atomic E-state index is 4.33. The summed E-state index contributed by atoms with van der Waals surface area (Å²) >= 11 is 4.93. The topological polar surface area (TPSA) is 30.2 Å². The van der Waals surface area contributed by atoms with E-state index in [1.165, 1.54) is 0 Å². The van der Waals surface area contributed by atoms with Crippen molar-refractivity contribution in [2.75, 3.05) is 13.3 Å². The molecule has 0 saturated heterocycles. The van der Waals surface area contributed by atoms with Gasteiger partial charge in [-0.2, -0.15) is 0 Å². The highest BCUT2D eigenvalue weighted by Gasteiger charge is 2.04. The molecule has 5 heteroatoms. The van der Waals surface area contributed by atoms with E-state index in [-0.39, 0.29) is 0 Å². The van der Waals surface area contributed by atoms with Gasteiger partial charge in [-0.1, -0.05) is 6.58 Å². The van der Waals surface area contributed by atoms with Crippen molar-refractivity contribution in [2.45, 2.75) is 11.9 Å². The lowest BCUT2D eigenvalue weighted by molar-refractivity contribution is 0.839. The highest BCUT2D eigenvalue weighted by atomic mass is 79.9. The number of hydrogen-bond acceptors (Lipinski definition) is 3. The van der Waals surface area contributed by atoms with Crippen LogP contribution in [0.1, 0.15) is 6.92 Å². The van der Waals surface area contributed by atoms with Gasteiger partial charge in [0.25, 0.3) is 0 Å². The summed E-state index contributed by atoms with van der Waals surface area (Å²) in [5.41, 5.74) is 1.76. The molecule has 0 aliphatic heterocycles. The number of nitrogens with zero attached hydrogens (tertiary/aromatic N) is 3. The summed E-state index contributed by atoms with van der Waals surface area (Å²) in [6.07, 6.45) is 3.84. The fraction of sp³-hybridized carbons (Fsp3) is 0.333. The Bertz CT molecular complexity index is 423. The lowest BCUT2D eigenvalue weighted by atomic mass is 10.5. The Kier molecular flexibility index (Phi) is 3.95. The average Bonchev–Trinajstić information content (AvgIpc) is 2.16. The lowest BCUT2D eigenvalue weighted by Gasteiger charge is -2.09. The molecule has 0 bridgehead atoms. The molecule has 0 unspecified atom stereocenters. The van der Waals surface area contributed by atoms with Crippen molar-refractivity contribution in [3.63, 3.8) is 0 Å². The third-order valence-electron chi connectivity index (χ3n) is 1.68. The van der Waals surface area contributed by atoms with Crippen LogP contribution in [-0.2, 0) is 0 Å². The zero-order valence-electron chi connectivity index (χ0n) is 8.41. The van der Waals surface area contributed by atoms with E-state index in [0.717, 1.165) is 20.8 Å². The first-order valence-electron chi connectivity index (χ1n) is 4.02. The Labute approximate surface area is 96.1 Å². The van der Waals surface area contributed by atoms with Gasteiger partial charge in [0.1, 0.15) is 9.63 Å². The molecule has 3 nitrogen and oxygen atoms in total. The Morgan fingerprint density at radius 2 is 2.36 bits per heavy atom. The molecule has 0 spiro atoms. The van der Waals surface area contributed by atoms with Crippen molar-refractivity contribution >= 4 is 33.4 Å². The minimum absolute atomic E-state index is 0.789. The van der Waals surface area contributed by atoms with Crippen LogP contribution >= 0.6 is 27.7 Å². The summed E-state index contributed by atoms with van der Waals surface area (Å²) in [4.78, 5) is 8.53. The van der Waals surface area contributed by atoms with Gasteiger partial charge in [0.2, 0.25) is 0 Å². The predicted octanol–water partition coefficient (Wildman–Crippen LogP) is 2.39. The summed E-state index contributed by atoms with van der Waals surface area (Å²) in [7, 11) is 1.75. The van der Waals surface area contributed by atoms with Crippen LogP contribution in [0.2, 0.25) is 0 Å². The Morgan fingerprint density at radius 3 is 2.79 bits per heavy atom. The summed E-state index contributed by atoms with van der Waals surface area (Å²) in [6.45, 7) is 5.83. The molecule has 1 aromatic heterocycles. The standard InChI is InChI=1S/C9H12BrN3S/c1-6(2)13-5-7(10)12-9(14-4)8(13)11-3/h5H,1H2,2-4H3. The molecular weight excluding hydrogens is 262 g/mol. The number of hydrogen-bond donors (Lipinski definition) is 0. The van der Waals surface area contributed by atoms with Crippen molar-refractivity contribution in [1.29, 1.82) is 0 Å². The molecule has 0 aliphatic rings. The van der Waals surface area contributed by atoms with Gasteiger partial charge in [0.05, 0.1) is 0 Å². The molecule has 0 fully saturated rings. The molecule has 0 amide bonds. The van der Waals surface area contributed by atoms with Crippen LogP contribution in [0.15, 0.2) is 27.4 Å². The quantitative estimate of drug-likeness (QED) is 0.775. The van der Waals surface area contributed by atoms with E-state index in [1.54, 1.807) is 18.8 Å². The maximum absolute atomic E-state index is 4.33. The molecule has 1 aromatic rings. The third kappa shape index (κ3) is 2.27. The Balaban J connectivity index is 3.57. The molecule has 1 heterocycles. The number of allylic oxidation sites excluding steroid dienone is 1. The number of halogens is 1. The van der Waals surface area contributed by atoms with Crippen molar-refractivity contribution in [1.82, 2.24) is 9.55 Å². The minimum Gasteiger partial charge on any atom is -0.302 e. The van der Waals surface area contributed by atoms with Crippen molar-refractivity contribution in [3.05, 3.63) is 22.9 Å². The largest absolute Gasteiger partial charge is 0.302 e. The van der Waals surface area contributed by atoms with Gasteiger partial charge >= 0.3 is 0 Å². The van der Waals surface area contributed by atoms with E-state index in [1.807, 2.05) is 23.9 Å². The molecule has 0 N–H and O–H groups in total.